The van der Waals surface area contributed by atoms with Crippen molar-refractivity contribution in [2.24, 2.45) is 0 Å². The van der Waals surface area contributed by atoms with Crippen molar-refractivity contribution in [1.29, 1.82) is 0 Å². The number of carbonyl (C=O) groups is 2. The van der Waals surface area contributed by atoms with Gasteiger partial charge >= 0.3 is 177 Å². The fourth-order valence-electron chi connectivity index (χ4n) is 4.13. The number of carbonyl (C=O) groups excluding carboxylic acids is 2. The largest absolute Gasteiger partial charge is 1.00 e. The second-order valence-electron chi connectivity index (χ2n) is 9.71. The molecule has 29 nitrogen and oxygen atoms in total. The van der Waals surface area contributed by atoms with E-state index in [1.807, 2.05) is 0 Å². The summed E-state index contributed by atoms with van der Waals surface area (Å²) in [6.45, 7) is -1.64. The molecule has 6 unspecified atom stereocenters. The Balaban J connectivity index is -0.000000254. The topological polar surface area (TPSA) is 498 Å². The summed E-state index contributed by atoms with van der Waals surface area (Å²) in [5.74, 6) is -4.49. The van der Waals surface area contributed by atoms with Crippen molar-refractivity contribution in [1.82, 2.24) is 4.72 Å². The van der Waals surface area contributed by atoms with Crippen molar-refractivity contribution in [2.45, 2.75) is 73.9 Å². The molecule has 39 heteroatoms. The van der Waals surface area contributed by atoms with E-state index in [1.165, 1.54) is 4.72 Å². The number of aliphatic carboxylic acids is 2. The van der Waals surface area contributed by atoms with Crippen LogP contribution in [0.1, 0.15) is 6.42 Å². The van der Waals surface area contributed by atoms with Crippen molar-refractivity contribution < 1.29 is 306 Å². The van der Waals surface area contributed by atoms with Gasteiger partial charge in [-0.1, -0.05) is 0 Å². The van der Waals surface area contributed by atoms with Crippen LogP contribution in [0.3, 0.4) is 0 Å². The zero-order valence-corrected chi connectivity index (χ0v) is 45.6. The van der Waals surface area contributed by atoms with Crippen molar-refractivity contribution in [3.05, 3.63) is 11.8 Å². The summed E-state index contributed by atoms with van der Waals surface area (Å²) in [6.07, 6.45) is -21.2. The molecule has 0 spiro atoms. The maximum Gasteiger partial charge on any atom is 1.00 e. The van der Waals surface area contributed by atoms with Gasteiger partial charge in [-0.15, -0.1) is 0 Å². The third-order valence-electron chi connectivity index (χ3n) is 6.06. The van der Waals surface area contributed by atoms with Crippen LogP contribution >= 0.6 is 0 Å². The third-order valence-corrected chi connectivity index (χ3v) is 7.98. The molecule has 0 aromatic rings. The van der Waals surface area contributed by atoms with Gasteiger partial charge in [-0.05, 0) is 6.08 Å². The van der Waals surface area contributed by atoms with E-state index in [0.29, 0.717) is 6.08 Å². The number of hydrogen-bond acceptors (Lipinski definition) is 27. The van der Waals surface area contributed by atoms with Crippen molar-refractivity contribution in [2.75, 3.05) is 13.2 Å². The summed E-state index contributed by atoms with van der Waals surface area (Å²) < 4.78 is 161. The molecule has 3 heterocycles. The second kappa shape index (κ2) is 30.8. The minimum absolute atomic E-state index is 0. The minimum atomic E-state index is -5.63. The molecule has 2 fully saturated rings. The van der Waals surface area contributed by atoms with Crippen LogP contribution < -0.4 is 192 Å². The Morgan fingerprint density at radius 3 is 1.70 bits per heavy atom. The maximum absolute atomic E-state index is 11.4. The molecule has 0 radical (unpaired) electrons. The molecule has 0 amide bonds. The van der Waals surface area contributed by atoms with E-state index in [0.717, 1.165) is 0 Å². The number of hydrogen-bond donors (Lipinski definition) is 5. The molecule has 7 N–H and O–H groups in total. The molecule has 11 atom stereocenters. The monoisotopic (exact) mass is 969 g/mol. The zero-order chi connectivity index (χ0) is 38.6. The van der Waals surface area contributed by atoms with Crippen LogP contribution in [0.15, 0.2) is 11.8 Å². The summed E-state index contributed by atoms with van der Waals surface area (Å²) in [4.78, 5) is 21.7. The average Bonchev–Trinajstić information content (AvgIpc) is 2.92. The third kappa shape index (κ3) is 27.0. The molecular formula is C18H25NNa6O28S4. The molecule has 3 rings (SSSR count). The van der Waals surface area contributed by atoms with Crippen LogP contribution in [-0.4, -0.2) is 170 Å². The normalized spacial score (nSPS) is 29.8. The van der Waals surface area contributed by atoms with Gasteiger partial charge in [0.05, 0.1) is 30.8 Å². The van der Waals surface area contributed by atoms with Crippen molar-refractivity contribution in [3.63, 3.8) is 0 Å². The zero-order valence-electron chi connectivity index (χ0n) is 30.4. The molecule has 300 valence electrons. The van der Waals surface area contributed by atoms with Gasteiger partial charge in [-0.3, -0.25) is 12.5 Å². The van der Waals surface area contributed by atoms with Gasteiger partial charge in [-0.25, -0.2) is 38.4 Å². The molecule has 0 aromatic carbocycles. The van der Waals surface area contributed by atoms with E-state index in [1.54, 1.807) is 0 Å². The van der Waals surface area contributed by atoms with E-state index >= 15 is 0 Å². The quantitative estimate of drug-likeness (QED) is 0.0650. The van der Waals surface area contributed by atoms with Gasteiger partial charge in [-0.2, -0.15) is 0 Å². The predicted octanol–water partition coefficient (Wildman–Crippen LogP) is -29.5. The number of carboxylic acids is 2. The van der Waals surface area contributed by atoms with E-state index in [4.69, 9.17) is 9.47 Å². The number of nitrogens with one attached hydrogen (secondary N) is 1. The van der Waals surface area contributed by atoms with Gasteiger partial charge in [0.2, 0.25) is 31.2 Å². The summed E-state index contributed by atoms with van der Waals surface area (Å²) in [7, 11) is -21.3. The van der Waals surface area contributed by atoms with Gasteiger partial charge in [0.25, 0.3) is 0 Å². The first-order valence-electron chi connectivity index (χ1n) is 12.6. The summed E-state index contributed by atoms with van der Waals surface area (Å²) >= 11 is 0. The molecule has 0 saturated carbocycles. The standard InChI is InChI=1S/C12H21NO19S3.C6H8O8S.6Na.H2O/c14-4-1-3(2-28-34(22,23)24)29-12(5(4)13-33(19,20)21)31-7-6(15)8(32-35(25,26)27)11(18)30-9(7)10(16)17;7-3-1-4(6(8)9)13-2-5(3)14-15(10,11)12;;;;;;;/h3-9,11-15,18H,1-2H2,(H,16,17)(H,19,20,21)(H,22,23,24)(H,25,26,27);1,3,5,7H,2H2,(H,8,9)(H,10,11,12);;;;;;;1H2/q;;6*+1;/p-6/t3?,4-,5?,6-,7-,8?,9?,11?,12+;3-,5?;;;;;;;/m11......./s1. The van der Waals surface area contributed by atoms with Crippen LogP contribution in [-0.2, 0) is 82.6 Å². The van der Waals surface area contributed by atoms with E-state index in [9.17, 15) is 92.1 Å². The van der Waals surface area contributed by atoms with Crippen LogP contribution in [0.2, 0.25) is 0 Å². The molecule has 3 aliphatic rings. The Bertz CT molecular complexity index is 1710. The predicted molar refractivity (Wildman–Crippen MR) is 136 cm³/mol. The summed E-state index contributed by atoms with van der Waals surface area (Å²) in [5.41, 5.74) is 0. The van der Waals surface area contributed by atoms with E-state index in [2.05, 4.69) is 22.0 Å². The molecule has 3 aliphatic heterocycles. The van der Waals surface area contributed by atoms with Crippen LogP contribution in [0.25, 0.3) is 0 Å². The molecule has 57 heavy (non-hydrogen) atoms. The van der Waals surface area contributed by atoms with E-state index in [-0.39, 0.29) is 183 Å². The number of carboxylic acid groups (broad SMARTS) is 2. The van der Waals surface area contributed by atoms with Gasteiger partial charge < -0.3 is 82.9 Å². The first-order chi connectivity index (χ1) is 22.6. The molecular weight excluding hydrogens is 944 g/mol. The number of aliphatic hydroxyl groups is 4. The Morgan fingerprint density at radius 2 is 1.30 bits per heavy atom. The number of aliphatic hydroxyl groups excluding tert-OH is 4. The average molecular weight is 970 g/mol. The fourth-order valence-corrected chi connectivity index (χ4v) is 6.01. The molecule has 0 bridgehead atoms. The SMILES string of the molecule is O.O=C([O-])C1=C[C@@H](O)C(OS(=O)(=O)[O-])CO1.O=C([O-])C1OC(O)C(OS(=O)(=O)[O-])[C@H](O)[C@H]1O[C@@H]1OC(COS(=O)(=O)[O-])C[C@@H](O)C1NS(=O)(=O)[O-].[Na+].[Na+].[Na+].[Na+].[Na+].[Na+]. The summed E-state index contributed by atoms with van der Waals surface area (Å²) in [6, 6.07) is -2.07. The smallest absolute Gasteiger partial charge is 0.735 e. The Hall–Kier alpha value is 3.64. The number of ether oxygens (including phenoxy) is 4. The molecule has 2 saturated heterocycles. The second-order valence-corrected chi connectivity index (χ2v) is 13.9. The van der Waals surface area contributed by atoms with E-state index < -0.39 is 146 Å². The van der Waals surface area contributed by atoms with Crippen LogP contribution in [0.5, 0.6) is 0 Å². The molecule has 0 aromatic heterocycles. The summed E-state index contributed by atoms with van der Waals surface area (Å²) in [5, 5.41) is 61.1. The van der Waals surface area contributed by atoms with Crippen molar-refractivity contribution in [3.8, 4) is 0 Å². The fraction of sp³-hybridized carbons (Fsp3) is 0.778. The van der Waals surface area contributed by atoms with Gasteiger partial charge in [0.15, 0.2) is 29.0 Å². The van der Waals surface area contributed by atoms with Gasteiger partial charge in [0.1, 0.15) is 48.9 Å². The Kier molecular flexibility index (Phi) is 39.0. The first kappa shape index (κ1) is 72.2. The number of rotatable bonds is 13. The van der Waals surface area contributed by atoms with Crippen molar-refractivity contribution >= 4 is 53.4 Å². The Morgan fingerprint density at radius 1 is 0.789 bits per heavy atom. The van der Waals surface area contributed by atoms with Crippen LogP contribution in [0, 0.1) is 0 Å². The van der Waals surface area contributed by atoms with Crippen LogP contribution in [0.4, 0.5) is 0 Å². The first-order valence-corrected chi connectivity index (χ1v) is 18.0. The van der Waals surface area contributed by atoms with Gasteiger partial charge in [0, 0.05) is 6.42 Å². The maximum atomic E-state index is 11.4. The molecule has 0 aliphatic carbocycles. The Labute approximate surface area is 456 Å². The minimum Gasteiger partial charge on any atom is -0.735 e.